The van der Waals surface area contributed by atoms with E-state index in [1.54, 1.807) is 4.90 Å². The Hall–Kier alpha value is -1.88. The van der Waals surface area contributed by atoms with Crippen molar-refractivity contribution in [1.82, 2.24) is 9.80 Å². The van der Waals surface area contributed by atoms with E-state index >= 15 is 0 Å². The van der Waals surface area contributed by atoms with E-state index in [9.17, 15) is 14.7 Å². The molecule has 1 aromatic carbocycles. The highest BCUT2D eigenvalue weighted by molar-refractivity contribution is 5.85. The second-order valence-electron chi connectivity index (χ2n) is 6.59. The number of hydrogen-bond donors (Lipinski definition) is 1. The van der Waals surface area contributed by atoms with Gasteiger partial charge in [-0.2, -0.15) is 0 Å². The molecular formula is C18H24N2O3. The zero-order valence-corrected chi connectivity index (χ0v) is 13.4. The molecule has 2 fully saturated rings. The molecular weight excluding hydrogens is 292 g/mol. The lowest BCUT2D eigenvalue weighted by Gasteiger charge is -2.35. The summed E-state index contributed by atoms with van der Waals surface area (Å²) in [6.45, 7) is 3.18. The van der Waals surface area contributed by atoms with Gasteiger partial charge >= 0.3 is 5.97 Å². The van der Waals surface area contributed by atoms with E-state index in [0.717, 1.165) is 38.9 Å². The number of likely N-dealkylation sites (tertiary alicyclic amines) is 2. The fourth-order valence-electron chi connectivity index (χ4n) is 3.76. The van der Waals surface area contributed by atoms with Gasteiger partial charge in [0.25, 0.3) is 0 Å². The van der Waals surface area contributed by atoms with Gasteiger partial charge in [0.05, 0.1) is 5.92 Å². The maximum absolute atomic E-state index is 12.7. The predicted octanol–water partition coefficient (Wildman–Crippen LogP) is 1.97. The lowest BCUT2D eigenvalue weighted by molar-refractivity contribution is -0.150. The van der Waals surface area contributed by atoms with Gasteiger partial charge < -0.3 is 10.0 Å². The van der Waals surface area contributed by atoms with Crippen LogP contribution in [0, 0.1) is 5.92 Å². The molecule has 5 nitrogen and oxygen atoms in total. The largest absolute Gasteiger partial charge is 0.480 e. The number of nitrogens with zero attached hydrogens (tertiary/aromatic N) is 2. The van der Waals surface area contributed by atoms with Crippen molar-refractivity contribution in [1.29, 1.82) is 0 Å². The minimum absolute atomic E-state index is 0.0349. The lowest BCUT2D eigenvalue weighted by atomic mass is 9.95. The third-order valence-corrected chi connectivity index (χ3v) is 4.92. The number of carboxylic acid groups (broad SMARTS) is 1. The maximum atomic E-state index is 12.7. The average molecular weight is 316 g/mol. The predicted molar refractivity (Wildman–Crippen MR) is 86.8 cm³/mol. The number of piperidine rings is 1. The molecule has 2 heterocycles. The third kappa shape index (κ3) is 3.72. The Labute approximate surface area is 136 Å². The lowest BCUT2D eigenvalue weighted by Crippen LogP contribution is -2.48. The van der Waals surface area contributed by atoms with Gasteiger partial charge in [-0.15, -0.1) is 0 Å². The van der Waals surface area contributed by atoms with Crippen LogP contribution in [0.4, 0.5) is 0 Å². The minimum Gasteiger partial charge on any atom is -0.480 e. The standard InChI is InChI=1S/C18H24N2O3/c21-17(20-11-5-9-16(20)18(22)23)15-8-4-10-19(13-15)12-14-6-2-1-3-7-14/h1-3,6-7,15-16H,4-5,8-13H2,(H,22,23)/t15-,16+/m1/s1. The van der Waals surface area contributed by atoms with Crippen LogP contribution in [-0.4, -0.2) is 52.5 Å². The quantitative estimate of drug-likeness (QED) is 0.922. The first kappa shape index (κ1) is 16.0. The third-order valence-electron chi connectivity index (χ3n) is 4.92. The van der Waals surface area contributed by atoms with Crippen LogP contribution in [0.25, 0.3) is 0 Å². The molecule has 0 saturated carbocycles. The van der Waals surface area contributed by atoms with E-state index in [1.807, 2.05) is 18.2 Å². The monoisotopic (exact) mass is 316 g/mol. The number of rotatable bonds is 4. The van der Waals surface area contributed by atoms with E-state index in [2.05, 4.69) is 17.0 Å². The van der Waals surface area contributed by atoms with Crippen molar-refractivity contribution >= 4 is 11.9 Å². The van der Waals surface area contributed by atoms with E-state index in [1.165, 1.54) is 5.56 Å². The number of benzene rings is 1. The molecule has 5 heteroatoms. The fraction of sp³-hybridized carbons (Fsp3) is 0.556. The van der Waals surface area contributed by atoms with Crippen LogP contribution in [0.3, 0.4) is 0 Å². The van der Waals surface area contributed by atoms with E-state index < -0.39 is 12.0 Å². The van der Waals surface area contributed by atoms with Gasteiger partial charge in [-0.25, -0.2) is 4.79 Å². The van der Waals surface area contributed by atoms with Crippen LogP contribution in [0.15, 0.2) is 30.3 Å². The number of carbonyl (C=O) groups is 2. The Bertz CT molecular complexity index is 561. The summed E-state index contributed by atoms with van der Waals surface area (Å²) in [6, 6.07) is 9.66. The van der Waals surface area contributed by atoms with Crippen LogP contribution in [-0.2, 0) is 16.1 Å². The topological polar surface area (TPSA) is 60.9 Å². The first-order valence-corrected chi connectivity index (χ1v) is 8.44. The van der Waals surface area contributed by atoms with Crippen molar-refractivity contribution in [3.8, 4) is 0 Å². The van der Waals surface area contributed by atoms with Crippen molar-refractivity contribution < 1.29 is 14.7 Å². The molecule has 2 aliphatic heterocycles. The van der Waals surface area contributed by atoms with Crippen LogP contribution in [0.1, 0.15) is 31.2 Å². The molecule has 23 heavy (non-hydrogen) atoms. The number of aliphatic carboxylic acids is 1. The molecule has 0 aromatic heterocycles. The molecule has 3 rings (SSSR count). The van der Waals surface area contributed by atoms with Crippen molar-refractivity contribution in [3.63, 3.8) is 0 Å². The van der Waals surface area contributed by atoms with E-state index in [4.69, 9.17) is 0 Å². The summed E-state index contributed by atoms with van der Waals surface area (Å²) >= 11 is 0. The molecule has 2 aliphatic rings. The average Bonchev–Trinajstić information content (AvgIpc) is 3.05. The van der Waals surface area contributed by atoms with Gasteiger partial charge in [-0.1, -0.05) is 30.3 Å². The fourth-order valence-corrected chi connectivity index (χ4v) is 3.76. The van der Waals surface area contributed by atoms with Gasteiger partial charge in [0.15, 0.2) is 0 Å². The molecule has 1 amide bonds. The van der Waals surface area contributed by atoms with Crippen molar-refractivity contribution in [2.45, 2.75) is 38.3 Å². The van der Waals surface area contributed by atoms with E-state index in [0.29, 0.717) is 13.0 Å². The first-order valence-electron chi connectivity index (χ1n) is 8.44. The Kier molecular flexibility index (Phi) is 4.96. The smallest absolute Gasteiger partial charge is 0.326 e. The van der Waals surface area contributed by atoms with Crippen LogP contribution in [0.5, 0.6) is 0 Å². The molecule has 124 valence electrons. The molecule has 1 aromatic rings. The maximum Gasteiger partial charge on any atom is 0.326 e. The minimum atomic E-state index is -0.868. The van der Waals surface area contributed by atoms with Crippen molar-refractivity contribution in [2.24, 2.45) is 5.92 Å². The highest BCUT2D eigenvalue weighted by atomic mass is 16.4. The Morgan fingerprint density at radius 1 is 1.09 bits per heavy atom. The van der Waals surface area contributed by atoms with Crippen molar-refractivity contribution in [3.05, 3.63) is 35.9 Å². The number of carbonyl (C=O) groups excluding carboxylic acids is 1. The van der Waals surface area contributed by atoms with Crippen LogP contribution >= 0.6 is 0 Å². The summed E-state index contributed by atoms with van der Waals surface area (Å²) in [5, 5.41) is 9.27. The molecule has 2 saturated heterocycles. The summed E-state index contributed by atoms with van der Waals surface area (Å²) in [5.41, 5.74) is 1.25. The number of carboxylic acids is 1. The zero-order chi connectivity index (χ0) is 16.2. The molecule has 0 radical (unpaired) electrons. The summed E-state index contributed by atoms with van der Waals surface area (Å²) in [7, 11) is 0. The second-order valence-corrected chi connectivity index (χ2v) is 6.59. The van der Waals surface area contributed by atoms with Gasteiger partial charge in [0.2, 0.25) is 5.91 Å². The van der Waals surface area contributed by atoms with Gasteiger partial charge in [0, 0.05) is 19.6 Å². The van der Waals surface area contributed by atoms with Crippen LogP contribution < -0.4 is 0 Å². The Morgan fingerprint density at radius 2 is 1.83 bits per heavy atom. The highest BCUT2D eigenvalue weighted by Crippen LogP contribution is 2.25. The molecule has 0 unspecified atom stereocenters. The summed E-state index contributed by atoms with van der Waals surface area (Å²) in [6.07, 6.45) is 3.24. The van der Waals surface area contributed by atoms with E-state index in [-0.39, 0.29) is 11.8 Å². The zero-order valence-electron chi connectivity index (χ0n) is 13.4. The molecule has 0 spiro atoms. The van der Waals surface area contributed by atoms with Gasteiger partial charge in [-0.3, -0.25) is 9.69 Å². The van der Waals surface area contributed by atoms with Crippen molar-refractivity contribution in [2.75, 3.05) is 19.6 Å². The Balaban J connectivity index is 1.61. The second kappa shape index (κ2) is 7.13. The number of amides is 1. The molecule has 2 atom stereocenters. The normalized spacial score (nSPS) is 25.5. The molecule has 1 N–H and O–H groups in total. The highest BCUT2D eigenvalue weighted by Gasteiger charge is 2.38. The Morgan fingerprint density at radius 3 is 2.57 bits per heavy atom. The van der Waals surface area contributed by atoms with Gasteiger partial charge in [0.1, 0.15) is 6.04 Å². The summed E-state index contributed by atoms with van der Waals surface area (Å²) in [5.74, 6) is -0.895. The SMILES string of the molecule is O=C(O)[C@@H]1CCCN1C(=O)[C@@H]1CCCN(Cc2ccccc2)C1. The number of hydrogen-bond acceptors (Lipinski definition) is 3. The summed E-state index contributed by atoms with van der Waals surface area (Å²) in [4.78, 5) is 28.0. The van der Waals surface area contributed by atoms with Crippen LogP contribution in [0.2, 0.25) is 0 Å². The van der Waals surface area contributed by atoms with Gasteiger partial charge in [-0.05, 0) is 37.8 Å². The first-order chi connectivity index (χ1) is 11.1. The molecule has 0 aliphatic carbocycles. The molecule has 0 bridgehead atoms. The summed E-state index contributed by atoms with van der Waals surface area (Å²) < 4.78 is 0.